The summed E-state index contributed by atoms with van der Waals surface area (Å²) >= 11 is 0. The fraction of sp³-hybridized carbons (Fsp3) is 0.172. The van der Waals surface area contributed by atoms with Crippen LogP contribution in [0.4, 0.5) is 26.3 Å². The van der Waals surface area contributed by atoms with Crippen molar-refractivity contribution < 1.29 is 52.7 Å². The second-order valence-corrected chi connectivity index (χ2v) is 13.6. The maximum Gasteiger partial charge on any atom is 0.501 e. The molecule has 0 aliphatic carbocycles. The maximum absolute atomic E-state index is 12.7. The lowest BCUT2D eigenvalue weighted by Gasteiger charge is -2.26. The Morgan fingerprint density at radius 1 is 0.442 bits per heavy atom. The number of hydrogen-bond donors (Lipinski definition) is 0. The minimum Gasteiger partial charge on any atom is -0.457 e. The molecule has 0 heterocycles. The first-order valence-corrected chi connectivity index (χ1v) is 15.2. The number of sulfone groups is 2. The maximum atomic E-state index is 12.7. The SMILES string of the molecule is CC(C)(c1ccc(Oc2ccc(S(=O)(=O)C(F)(F)F)cc2)cc1)c1ccc(Oc2ccc(S(=O)(=O)C(F)(F)F)cc2)cc1. The summed E-state index contributed by atoms with van der Waals surface area (Å²) in [6.45, 7) is 3.91. The van der Waals surface area contributed by atoms with Gasteiger partial charge in [-0.05, 0) is 83.9 Å². The molecule has 228 valence electrons. The van der Waals surface area contributed by atoms with Gasteiger partial charge in [0.2, 0.25) is 0 Å². The van der Waals surface area contributed by atoms with Gasteiger partial charge in [0.1, 0.15) is 23.0 Å². The molecule has 4 aromatic rings. The summed E-state index contributed by atoms with van der Waals surface area (Å²) in [5.41, 5.74) is -9.58. The van der Waals surface area contributed by atoms with E-state index in [4.69, 9.17) is 9.47 Å². The van der Waals surface area contributed by atoms with Crippen molar-refractivity contribution in [2.45, 2.75) is 40.1 Å². The smallest absolute Gasteiger partial charge is 0.457 e. The van der Waals surface area contributed by atoms with Crippen LogP contribution in [0.25, 0.3) is 0 Å². The third-order valence-electron chi connectivity index (χ3n) is 6.50. The third-order valence-corrected chi connectivity index (χ3v) is 9.51. The van der Waals surface area contributed by atoms with Crippen molar-refractivity contribution >= 4 is 19.7 Å². The Bertz CT molecular complexity index is 1660. The highest BCUT2D eigenvalue weighted by Gasteiger charge is 2.47. The number of ether oxygens (including phenoxy) is 2. The average molecular weight is 645 g/mol. The van der Waals surface area contributed by atoms with Crippen LogP contribution in [0, 0.1) is 0 Å². The van der Waals surface area contributed by atoms with E-state index in [1.807, 2.05) is 13.8 Å². The van der Waals surface area contributed by atoms with Crippen LogP contribution in [0.1, 0.15) is 25.0 Å². The normalized spacial score (nSPS) is 13.0. The third kappa shape index (κ3) is 6.64. The zero-order valence-corrected chi connectivity index (χ0v) is 23.9. The number of alkyl halides is 6. The summed E-state index contributed by atoms with van der Waals surface area (Å²) < 4.78 is 134. The van der Waals surface area contributed by atoms with Crippen LogP contribution < -0.4 is 9.47 Å². The molecule has 0 bridgehead atoms. The summed E-state index contributed by atoms with van der Waals surface area (Å²) in [6, 6.07) is 21.5. The standard InChI is InChI=1S/C29H22F6O6S2/c1-27(2,19-3-7-21(8-4-19)40-23-11-15-25(16-12-23)42(36,37)28(30,31)32)20-5-9-22(10-6-20)41-24-13-17-26(18-14-24)43(38,39)29(33,34)35/h3-18H,1-2H3. The van der Waals surface area contributed by atoms with Gasteiger partial charge in [0, 0.05) is 5.41 Å². The van der Waals surface area contributed by atoms with E-state index in [1.54, 1.807) is 48.5 Å². The van der Waals surface area contributed by atoms with Crippen molar-refractivity contribution in [3.8, 4) is 23.0 Å². The highest BCUT2D eigenvalue weighted by molar-refractivity contribution is 7.92. The largest absolute Gasteiger partial charge is 0.501 e. The molecule has 0 amide bonds. The van der Waals surface area contributed by atoms with E-state index in [9.17, 15) is 43.2 Å². The van der Waals surface area contributed by atoms with Crippen LogP contribution in [-0.4, -0.2) is 27.9 Å². The second kappa shape index (κ2) is 11.2. The fourth-order valence-electron chi connectivity index (χ4n) is 3.96. The molecule has 0 aliphatic heterocycles. The Hall–Kier alpha value is -4.04. The van der Waals surface area contributed by atoms with Gasteiger partial charge in [-0.15, -0.1) is 0 Å². The van der Waals surface area contributed by atoms with Gasteiger partial charge in [-0.2, -0.15) is 26.3 Å². The Kier molecular flexibility index (Phi) is 8.33. The summed E-state index contributed by atoms with van der Waals surface area (Å²) in [4.78, 5) is -1.79. The van der Waals surface area contributed by atoms with Crippen LogP contribution in [0.15, 0.2) is 107 Å². The molecule has 4 rings (SSSR count). The van der Waals surface area contributed by atoms with Gasteiger partial charge in [0.25, 0.3) is 19.7 Å². The zero-order chi connectivity index (χ0) is 31.8. The quantitative estimate of drug-likeness (QED) is 0.180. The van der Waals surface area contributed by atoms with Crippen LogP contribution >= 0.6 is 0 Å². The van der Waals surface area contributed by atoms with E-state index >= 15 is 0 Å². The van der Waals surface area contributed by atoms with E-state index in [1.165, 1.54) is 0 Å². The lowest BCUT2D eigenvalue weighted by atomic mass is 9.78. The van der Waals surface area contributed by atoms with E-state index in [0.29, 0.717) is 11.5 Å². The first-order chi connectivity index (χ1) is 19.8. The lowest BCUT2D eigenvalue weighted by molar-refractivity contribution is -0.0442. The van der Waals surface area contributed by atoms with Gasteiger partial charge in [-0.25, -0.2) is 16.8 Å². The first-order valence-electron chi connectivity index (χ1n) is 12.2. The van der Waals surface area contributed by atoms with Crippen molar-refractivity contribution in [3.05, 3.63) is 108 Å². The number of hydrogen-bond acceptors (Lipinski definition) is 6. The minimum absolute atomic E-state index is 0.139. The molecule has 0 radical (unpaired) electrons. The topological polar surface area (TPSA) is 86.7 Å². The molecule has 43 heavy (non-hydrogen) atoms. The molecule has 4 aromatic carbocycles. The fourth-order valence-corrected chi connectivity index (χ4v) is 5.48. The van der Waals surface area contributed by atoms with Crippen LogP contribution in [-0.2, 0) is 25.1 Å². The Balaban J connectivity index is 1.43. The summed E-state index contributed by atoms with van der Waals surface area (Å²) in [6.07, 6.45) is 0. The van der Waals surface area contributed by atoms with Gasteiger partial charge < -0.3 is 9.47 Å². The van der Waals surface area contributed by atoms with Gasteiger partial charge in [0.05, 0.1) is 9.79 Å². The Morgan fingerprint density at radius 3 is 0.907 bits per heavy atom. The van der Waals surface area contributed by atoms with E-state index in [2.05, 4.69) is 0 Å². The molecule has 0 saturated heterocycles. The summed E-state index contributed by atoms with van der Waals surface area (Å²) in [5.74, 6) is 1.01. The Morgan fingerprint density at radius 2 is 0.674 bits per heavy atom. The Labute approximate surface area is 243 Å². The van der Waals surface area contributed by atoms with Crippen molar-refractivity contribution in [3.63, 3.8) is 0 Å². The van der Waals surface area contributed by atoms with Gasteiger partial charge in [-0.1, -0.05) is 38.1 Å². The van der Waals surface area contributed by atoms with Crippen molar-refractivity contribution in [1.29, 1.82) is 0 Å². The summed E-state index contributed by atoms with van der Waals surface area (Å²) in [5, 5.41) is 0. The first kappa shape index (κ1) is 31.9. The lowest BCUT2D eigenvalue weighted by Crippen LogP contribution is -2.23. The molecule has 0 aliphatic rings. The van der Waals surface area contributed by atoms with Crippen molar-refractivity contribution in [2.24, 2.45) is 0 Å². The minimum atomic E-state index is -5.46. The van der Waals surface area contributed by atoms with Gasteiger partial charge >= 0.3 is 11.0 Å². The molecule has 0 saturated carbocycles. The van der Waals surface area contributed by atoms with Crippen LogP contribution in [0.3, 0.4) is 0 Å². The van der Waals surface area contributed by atoms with E-state index < -0.39 is 45.9 Å². The zero-order valence-electron chi connectivity index (χ0n) is 22.3. The highest BCUT2D eigenvalue weighted by Crippen LogP contribution is 2.36. The predicted octanol–water partition coefficient (Wildman–Crippen LogP) is 8.18. The van der Waals surface area contributed by atoms with Crippen molar-refractivity contribution in [2.75, 3.05) is 0 Å². The van der Waals surface area contributed by atoms with Gasteiger partial charge in [0.15, 0.2) is 0 Å². The van der Waals surface area contributed by atoms with E-state index in [-0.39, 0.29) is 11.5 Å². The molecule has 0 aromatic heterocycles. The second-order valence-electron chi connectivity index (χ2n) is 9.72. The summed E-state index contributed by atoms with van der Waals surface area (Å²) in [7, 11) is -10.9. The molecular formula is C29H22F6O6S2. The molecule has 0 fully saturated rings. The average Bonchev–Trinajstić information content (AvgIpc) is 2.93. The number of benzene rings is 4. The molecule has 0 atom stereocenters. The number of halogens is 6. The monoisotopic (exact) mass is 644 g/mol. The van der Waals surface area contributed by atoms with Crippen LogP contribution in [0.5, 0.6) is 23.0 Å². The number of rotatable bonds is 8. The highest BCUT2D eigenvalue weighted by atomic mass is 32.2. The molecule has 6 nitrogen and oxygen atoms in total. The van der Waals surface area contributed by atoms with Gasteiger partial charge in [-0.3, -0.25) is 0 Å². The predicted molar refractivity (Wildman–Crippen MR) is 145 cm³/mol. The molecule has 14 heteroatoms. The molecule has 0 spiro atoms. The molecule has 0 N–H and O–H groups in total. The molecular weight excluding hydrogens is 622 g/mol. The van der Waals surface area contributed by atoms with E-state index in [0.717, 1.165) is 59.7 Å². The van der Waals surface area contributed by atoms with Crippen molar-refractivity contribution in [1.82, 2.24) is 0 Å². The molecule has 0 unspecified atom stereocenters. The van der Waals surface area contributed by atoms with Crippen LogP contribution in [0.2, 0.25) is 0 Å².